The zero-order valence-corrected chi connectivity index (χ0v) is 9.89. The lowest BCUT2D eigenvalue weighted by Crippen LogP contribution is -2.50. The van der Waals surface area contributed by atoms with Crippen LogP contribution in [0.25, 0.3) is 0 Å². The molecule has 0 radical (unpaired) electrons. The Labute approximate surface area is 96.0 Å². The summed E-state index contributed by atoms with van der Waals surface area (Å²) in [5.41, 5.74) is 0. The summed E-state index contributed by atoms with van der Waals surface area (Å²) in [4.78, 5) is 11.3. The number of carboxylic acids is 1. The Kier molecular flexibility index (Phi) is 3.22. The molecular formula is C12H21NO3. The smallest absolute Gasteiger partial charge is 0.308 e. The summed E-state index contributed by atoms with van der Waals surface area (Å²) in [6, 6.07) is 0.0204. The standard InChI is InChI=1S/C12H21NO3/c1-6(7(2)14)13-11-9-4-3-8(5-9)10(11)12(15)16/h6-11,13-14H,3-5H2,1-2H3,(H,15,16). The van der Waals surface area contributed by atoms with Crippen LogP contribution in [-0.2, 0) is 4.79 Å². The number of hydrogen-bond acceptors (Lipinski definition) is 3. The first-order chi connectivity index (χ1) is 7.50. The maximum Gasteiger partial charge on any atom is 0.308 e. The lowest BCUT2D eigenvalue weighted by atomic mass is 9.84. The Bertz CT molecular complexity index is 279. The van der Waals surface area contributed by atoms with Gasteiger partial charge in [0.2, 0.25) is 0 Å². The average Bonchev–Trinajstić information content (AvgIpc) is 2.76. The van der Waals surface area contributed by atoms with Gasteiger partial charge >= 0.3 is 5.97 Å². The van der Waals surface area contributed by atoms with E-state index in [2.05, 4.69) is 5.32 Å². The van der Waals surface area contributed by atoms with E-state index in [9.17, 15) is 15.0 Å². The number of aliphatic hydroxyl groups excluding tert-OH is 1. The second kappa shape index (κ2) is 4.34. The number of fused-ring (bicyclic) bond motifs is 2. The number of carbonyl (C=O) groups is 1. The lowest BCUT2D eigenvalue weighted by Gasteiger charge is -2.32. The minimum absolute atomic E-state index is 0.0359. The quantitative estimate of drug-likeness (QED) is 0.666. The van der Waals surface area contributed by atoms with Gasteiger partial charge in [-0.3, -0.25) is 4.79 Å². The Morgan fingerprint density at radius 2 is 1.94 bits per heavy atom. The predicted molar refractivity (Wildman–Crippen MR) is 60.0 cm³/mol. The van der Waals surface area contributed by atoms with Crippen LogP contribution in [-0.4, -0.2) is 34.4 Å². The van der Waals surface area contributed by atoms with Gasteiger partial charge in [-0.15, -0.1) is 0 Å². The second-order valence-electron chi connectivity index (χ2n) is 5.42. The normalized spacial score (nSPS) is 40.9. The SMILES string of the molecule is CC(O)C(C)NC1C2CCC(C2)C1C(=O)O. The van der Waals surface area contributed by atoms with Crippen LogP contribution in [0.4, 0.5) is 0 Å². The third-order valence-electron chi connectivity index (χ3n) is 4.38. The highest BCUT2D eigenvalue weighted by atomic mass is 16.4. The zero-order chi connectivity index (χ0) is 11.9. The first-order valence-electron chi connectivity index (χ1n) is 6.17. The van der Waals surface area contributed by atoms with Crippen molar-refractivity contribution in [3.63, 3.8) is 0 Å². The third-order valence-corrected chi connectivity index (χ3v) is 4.38. The molecule has 2 saturated carbocycles. The fourth-order valence-electron chi connectivity index (χ4n) is 3.33. The van der Waals surface area contributed by atoms with Crippen LogP contribution in [0.15, 0.2) is 0 Å². The first-order valence-corrected chi connectivity index (χ1v) is 6.17. The highest BCUT2D eigenvalue weighted by molar-refractivity contribution is 5.72. The molecule has 0 saturated heterocycles. The van der Waals surface area contributed by atoms with Crippen LogP contribution < -0.4 is 5.32 Å². The molecule has 92 valence electrons. The molecule has 3 N–H and O–H groups in total. The molecule has 2 aliphatic carbocycles. The molecule has 0 heterocycles. The van der Waals surface area contributed by atoms with Crippen molar-refractivity contribution in [3.05, 3.63) is 0 Å². The molecule has 0 aromatic heterocycles. The summed E-state index contributed by atoms with van der Waals surface area (Å²) in [5.74, 6) is -0.0871. The van der Waals surface area contributed by atoms with Gasteiger partial charge in [0.05, 0.1) is 12.0 Å². The topological polar surface area (TPSA) is 69.6 Å². The van der Waals surface area contributed by atoms with Gasteiger partial charge in [-0.1, -0.05) is 0 Å². The fraction of sp³-hybridized carbons (Fsp3) is 0.917. The maximum atomic E-state index is 11.3. The van der Waals surface area contributed by atoms with Crippen LogP contribution in [0.2, 0.25) is 0 Å². The lowest BCUT2D eigenvalue weighted by molar-refractivity contribution is -0.144. The van der Waals surface area contributed by atoms with E-state index in [1.807, 2.05) is 6.92 Å². The van der Waals surface area contributed by atoms with Gasteiger partial charge < -0.3 is 15.5 Å². The number of aliphatic hydroxyl groups is 1. The molecule has 4 nitrogen and oxygen atoms in total. The molecule has 0 aromatic rings. The number of aliphatic carboxylic acids is 1. The number of nitrogens with one attached hydrogen (secondary N) is 1. The Hall–Kier alpha value is -0.610. The molecule has 0 aromatic carbocycles. The van der Waals surface area contributed by atoms with Crippen molar-refractivity contribution in [1.29, 1.82) is 0 Å². The number of carboxylic acid groups (broad SMARTS) is 1. The predicted octanol–water partition coefficient (Wildman–Crippen LogP) is 0.845. The monoisotopic (exact) mass is 227 g/mol. The summed E-state index contributed by atoms with van der Waals surface area (Å²) in [6.45, 7) is 3.65. The molecule has 2 bridgehead atoms. The highest BCUT2D eigenvalue weighted by Crippen LogP contribution is 2.48. The number of rotatable bonds is 4. The van der Waals surface area contributed by atoms with E-state index in [1.54, 1.807) is 6.92 Å². The van der Waals surface area contributed by atoms with E-state index < -0.39 is 12.1 Å². The van der Waals surface area contributed by atoms with Crippen molar-refractivity contribution < 1.29 is 15.0 Å². The third kappa shape index (κ3) is 1.96. The minimum Gasteiger partial charge on any atom is -0.481 e. The second-order valence-corrected chi connectivity index (χ2v) is 5.42. The molecule has 0 amide bonds. The van der Waals surface area contributed by atoms with Crippen molar-refractivity contribution in [1.82, 2.24) is 5.32 Å². The summed E-state index contributed by atoms with van der Waals surface area (Å²) >= 11 is 0. The minimum atomic E-state index is -0.678. The van der Waals surface area contributed by atoms with Gasteiger partial charge in [0.25, 0.3) is 0 Å². The highest BCUT2D eigenvalue weighted by Gasteiger charge is 2.51. The molecule has 0 aliphatic heterocycles. The van der Waals surface area contributed by atoms with Crippen LogP contribution in [0.5, 0.6) is 0 Å². The van der Waals surface area contributed by atoms with Gasteiger partial charge in [-0.2, -0.15) is 0 Å². The molecule has 2 rings (SSSR count). The largest absolute Gasteiger partial charge is 0.481 e. The van der Waals surface area contributed by atoms with Gasteiger partial charge in [-0.25, -0.2) is 0 Å². The molecule has 6 unspecified atom stereocenters. The van der Waals surface area contributed by atoms with Crippen molar-refractivity contribution >= 4 is 5.97 Å². The summed E-state index contributed by atoms with van der Waals surface area (Å²) in [5, 5.41) is 22.0. The van der Waals surface area contributed by atoms with Crippen LogP contribution in [0.3, 0.4) is 0 Å². The summed E-state index contributed by atoms with van der Waals surface area (Å²) < 4.78 is 0. The van der Waals surface area contributed by atoms with Crippen molar-refractivity contribution in [2.75, 3.05) is 0 Å². The Morgan fingerprint density at radius 3 is 2.50 bits per heavy atom. The molecule has 2 fully saturated rings. The van der Waals surface area contributed by atoms with Crippen LogP contribution in [0, 0.1) is 17.8 Å². The van der Waals surface area contributed by atoms with Gasteiger partial charge in [-0.05, 0) is 44.9 Å². The first kappa shape index (κ1) is 11.9. The summed E-state index contributed by atoms with van der Waals surface area (Å²) in [7, 11) is 0. The average molecular weight is 227 g/mol. The van der Waals surface area contributed by atoms with Crippen LogP contribution >= 0.6 is 0 Å². The molecular weight excluding hydrogens is 206 g/mol. The van der Waals surface area contributed by atoms with Crippen molar-refractivity contribution in [3.8, 4) is 0 Å². The number of hydrogen-bond donors (Lipinski definition) is 3. The van der Waals surface area contributed by atoms with E-state index in [4.69, 9.17) is 0 Å². The fourth-order valence-corrected chi connectivity index (χ4v) is 3.33. The molecule has 4 heteroatoms. The molecule has 6 atom stereocenters. The van der Waals surface area contributed by atoms with Crippen LogP contribution in [0.1, 0.15) is 33.1 Å². The zero-order valence-electron chi connectivity index (χ0n) is 9.89. The van der Waals surface area contributed by atoms with Gasteiger partial charge in [0, 0.05) is 12.1 Å². The van der Waals surface area contributed by atoms with E-state index in [-0.39, 0.29) is 18.0 Å². The van der Waals surface area contributed by atoms with Gasteiger partial charge in [0.1, 0.15) is 0 Å². The molecule has 0 spiro atoms. The Balaban J connectivity index is 2.04. The van der Waals surface area contributed by atoms with E-state index in [0.29, 0.717) is 11.8 Å². The Morgan fingerprint density at radius 1 is 1.31 bits per heavy atom. The van der Waals surface area contributed by atoms with Gasteiger partial charge in [0.15, 0.2) is 0 Å². The summed E-state index contributed by atoms with van der Waals surface area (Å²) in [6.07, 6.45) is 2.80. The van der Waals surface area contributed by atoms with E-state index in [0.717, 1.165) is 19.3 Å². The molecule has 2 aliphatic rings. The van der Waals surface area contributed by atoms with Crippen molar-refractivity contribution in [2.45, 2.75) is 51.3 Å². The van der Waals surface area contributed by atoms with Crippen molar-refractivity contribution in [2.24, 2.45) is 17.8 Å². The molecule has 16 heavy (non-hydrogen) atoms. The maximum absolute atomic E-state index is 11.3. The van der Waals surface area contributed by atoms with E-state index in [1.165, 1.54) is 0 Å². The van der Waals surface area contributed by atoms with E-state index >= 15 is 0 Å².